The normalized spacial score (nSPS) is 12.1. The molecule has 0 aliphatic carbocycles. The summed E-state index contributed by atoms with van der Waals surface area (Å²) in [4.78, 5) is 11.4. The quantitative estimate of drug-likeness (QED) is 0.735. The van der Waals surface area contributed by atoms with Gasteiger partial charge in [0.15, 0.2) is 6.30 Å². The first kappa shape index (κ1) is 10.7. The van der Waals surface area contributed by atoms with Crippen molar-refractivity contribution in [2.45, 2.75) is 26.1 Å². The molecule has 1 N–H and O–H groups in total. The molecule has 1 amide bonds. The van der Waals surface area contributed by atoms with Gasteiger partial charge in [-0.1, -0.05) is 31.5 Å². The van der Waals surface area contributed by atoms with Crippen LogP contribution in [0.3, 0.4) is 0 Å². The van der Waals surface area contributed by atoms with E-state index in [0.29, 0.717) is 12.0 Å². The van der Waals surface area contributed by atoms with Crippen molar-refractivity contribution in [2.75, 3.05) is 0 Å². The summed E-state index contributed by atoms with van der Waals surface area (Å²) >= 11 is 0. The number of benzene rings is 1. The van der Waals surface area contributed by atoms with E-state index in [2.05, 4.69) is 5.32 Å². The SMILES string of the molecule is CCCC(F)NC(=O)c1ccccc1. The molecule has 0 aliphatic heterocycles. The van der Waals surface area contributed by atoms with E-state index < -0.39 is 6.30 Å². The van der Waals surface area contributed by atoms with Crippen LogP contribution in [0.5, 0.6) is 0 Å². The minimum absolute atomic E-state index is 0.355. The van der Waals surface area contributed by atoms with Gasteiger partial charge < -0.3 is 5.32 Å². The summed E-state index contributed by atoms with van der Waals surface area (Å²) in [5.74, 6) is -0.355. The fourth-order valence-corrected chi connectivity index (χ4v) is 1.14. The molecule has 1 aromatic carbocycles. The molecule has 76 valence electrons. The number of rotatable bonds is 4. The van der Waals surface area contributed by atoms with Crippen LogP contribution < -0.4 is 5.32 Å². The topological polar surface area (TPSA) is 29.1 Å². The Morgan fingerprint density at radius 2 is 2.07 bits per heavy atom. The van der Waals surface area contributed by atoms with Gasteiger partial charge in [-0.05, 0) is 18.6 Å². The number of nitrogens with one attached hydrogen (secondary N) is 1. The van der Waals surface area contributed by atoms with Gasteiger partial charge in [0.2, 0.25) is 0 Å². The van der Waals surface area contributed by atoms with Crippen molar-refractivity contribution in [1.29, 1.82) is 0 Å². The van der Waals surface area contributed by atoms with Gasteiger partial charge in [-0.3, -0.25) is 4.79 Å². The maximum absolute atomic E-state index is 13.0. The van der Waals surface area contributed by atoms with Gasteiger partial charge in [0.1, 0.15) is 0 Å². The van der Waals surface area contributed by atoms with E-state index in [4.69, 9.17) is 0 Å². The summed E-state index contributed by atoms with van der Waals surface area (Å²) in [5, 5.41) is 2.29. The molecule has 1 rings (SSSR count). The molecule has 0 radical (unpaired) electrons. The van der Waals surface area contributed by atoms with Crippen molar-refractivity contribution in [1.82, 2.24) is 5.32 Å². The van der Waals surface area contributed by atoms with E-state index >= 15 is 0 Å². The van der Waals surface area contributed by atoms with E-state index in [1.54, 1.807) is 24.3 Å². The Balaban J connectivity index is 2.51. The predicted molar refractivity (Wildman–Crippen MR) is 53.7 cm³/mol. The highest BCUT2D eigenvalue weighted by Crippen LogP contribution is 2.02. The van der Waals surface area contributed by atoms with Crippen molar-refractivity contribution in [3.8, 4) is 0 Å². The first-order valence-corrected chi connectivity index (χ1v) is 4.74. The molecular weight excluding hydrogens is 181 g/mol. The Hall–Kier alpha value is -1.38. The van der Waals surface area contributed by atoms with Crippen molar-refractivity contribution in [3.05, 3.63) is 35.9 Å². The lowest BCUT2D eigenvalue weighted by molar-refractivity contribution is 0.0888. The molecule has 0 saturated carbocycles. The Morgan fingerprint density at radius 1 is 1.43 bits per heavy atom. The average molecular weight is 195 g/mol. The second-order valence-electron chi connectivity index (χ2n) is 3.10. The van der Waals surface area contributed by atoms with Gasteiger partial charge in [-0.25, -0.2) is 4.39 Å². The zero-order chi connectivity index (χ0) is 10.4. The van der Waals surface area contributed by atoms with Gasteiger partial charge in [0, 0.05) is 5.56 Å². The zero-order valence-electron chi connectivity index (χ0n) is 8.16. The molecule has 3 heteroatoms. The fourth-order valence-electron chi connectivity index (χ4n) is 1.14. The van der Waals surface area contributed by atoms with Crippen LogP contribution in [0, 0.1) is 0 Å². The second kappa shape index (κ2) is 5.37. The number of hydrogen-bond acceptors (Lipinski definition) is 1. The molecule has 0 saturated heterocycles. The smallest absolute Gasteiger partial charge is 0.253 e. The Bertz CT molecular complexity index is 287. The Labute approximate surface area is 83.1 Å². The maximum atomic E-state index is 13.0. The van der Waals surface area contributed by atoms with Gasteiger partial charge >= 0.3 is 0 Å². The molecule has 2 nitrogen and oxygen atoms in total. The molecule has 0 aliphatic rings. The van der Waals surface area contributed by atoms with Crippen molar-refractivity contribution < 1.29 is 9.18 Å². The summed E-state index contributed by atoms with van der Waals surface area (Å²) < 4.78 is 13.0. The summed E-state index contributed by atoms with van der Waals surface area (Å²) in [5.41, 5.74) is 0.492. The summed E-state index contributed by atoms with van der Waals surface area (Å²) in [6.45, 7) is 1.88. The van der Waals surface area contributed by atoms with E-state index in [-0.39, 0.29) is 5.91 Å². The molecule has 1 atom stereocenters. The van der Waals surface area contributed by atoms with Crippen LogP contribution in [-0.2, 0) is 0 Å². The number of amides is 1. The first-order valence-electron chi connectivity index (χ1n) is 4.74. The van der Waals surface area contributed by atoms with Crippen LogP contribution in [-0.4, -0.2) is 12.2 Å². The third-order valence-electron chi connectivity index (χ3n) is 1.87. The Kier molecular flexibility index (Phi) is 4.11. The summed E-state index contributed by atoms with van der Waals surface area (Å²) in [6, 6.07) is 8.64. The fraction of sp³-hybridized carbons (Fsp3) is 0.364. The van der Waals surface area contributed by atoms with Crippen LogP contribution in [0.1, 0.15) is 30.1 Å². The summed E-state index contributed by atoms with van der Waals surface area (Å²) in [6.07, 6.45) is -0.165. The van der Waals surface area contributed by atoms with Gasteiger partial charge in [0.25, 0.3) is 5.91 Å². The van der Waals surface area contributed by atoms with Crippen molar-refractivity contribution >= 4 is 5.91 Å². The Morgan fingerprint density at radius 3 is 2.64 bits per heavy atom. The highest BCUT2D eigenvalue weighted by molar-refractivity contribution is 5.94. The van der Waals surface area contributed by atoms with Crippen LogP contribution in [0.4, 0.5) is 4.39 Å². The minimum Gasteiger partial charge on any atom is -0.322 e. The molecule has 0 fully saturated rings. The number of alkyl halides is 1. The van der Waals surface area contributed by atoms with Crippen molar-refractivity contribution in [2.24, 2.45) is 0 Å². The van der Waals surface area contributed by atoms with Gasteiger partial charge in [0.05, 0.1) is 0 Å². The van der Waals surface area contributed by atoms with Crippen molar-refractivity contribution in [3.63, 3.8) is 0 Å². The standard InChI is InChI=1S/C11H14FNO/c1-2-6-10(12)13-11(14)9-7-4-3-5-8-9/h3-5,7-8,10H,2,6H2,1H3,(H,13,14). The molecule has 1 aromatic rings. The summed E-state index contributed by atoms with van der Waals surface area (Å²) in [7, 11) is 0. The number of hydrogen-bond donors (Lipinski definition) is 1. The van der Waals surface area contributed by atoms with E-state index in [1.165, 1.54) is 0 Å². The third kappa shape index (κ3) is 3.17. The second-order valence-corrected chi connectivity index (χ2v) is 3.10. The number of halogens is 1. The molecule has 0 heterocycles. The lowest BCUT2D eigenvalue weighted by Gasteiger charge is -2.08. The van der Waals surface area contributed by atoms with E-state index in [9.17, 15) is 9.18 Å². The third-order valence-corrected chi connectivity index (χ3v) is 1.87. The molecular formula is C11H14FNO. The zero-order valence-corrected chi connectivity index (χ0v) is 8.16. The maximum Gasteiger partial charge on any atom is 0.253 e. The van der Waals surface area contributed by atoms with Crippen LogP contribution in [0.2, 0.25) is 0 Å². The molecule has 0 bridgehead atoms. The molecule has 0 aromatic heterocycles. The van der Waals surface area contributed by atoms with Crippen LogP contribution >= 0.6 is 0 Å². The number of carbonyl (C=O) groups excluding carboxylic acids is 1. The lowest BCUT2D eigenvalue weighted by atomic mass is 10.2. The lowest BCUT2D eigenvalue weighted by Crippen LogP contribution is -2.31. The predicted octanol–water partition coefficient (Wildman–Crippen LogP) is 2.51. The highest BCUT2D eigenvalue weighted by atomic mass is 19.1. The van der Waals surface area contributed by atoms with Gasteiger partial charge in [-0.15, -0.1) is 0 Å². The van der Waals surface area contributed by atoms with Gasteiger partial charge in [-0.2, -0.15) is 0 Å². The van der Waals surface area contributed by atoms with Crippen LogP contribution in [0.25, 0.3) is 0 Å². The average Bonchev–Trinajstić information content (AvgIpc) is 2.19. The number of carbonyl (C=O) groups is 1. The van der Waals surface area contributed by atoms with Crippen LogP contribution in [0.15, 0.2) is 30.3 Å². The largest absolute Gasteiger partial charge is 0.322 e. The minimum atomic E-state index is -1.24. The molecule has 0 spiro atoms. The first-order chi connectivity index (χ1) is 6.74. The molecule has 1 unspecified atom stereocenters. The van der Waals surface area contributed by atoms with E-state index in [0.717, 1.165) is 6.42 Å². The highest BCUT2D eigenvalue weighted by Gasteiger charge is 2.10. The monoisotopic (exact) mass is 195 g/mol. The van der Waals surface area contributed by atoms with E-state index in [1.807, 2.05) is 13.0 Å². The molecule has 14 heavy (non-hydrogen) atoms.